The van der Waals surface area contributed by atoms with Crippen molar-refractivity contribution in [2.75, 3.05) is 30.4 Å². The van der Waals surface area contributed by atoms with E-state index in [4.69, 9.17) is 10.5 Å². The second-order valence-corrected chi connectivity index (χ2v) is 4.36. The number of fused-ring (bicyclic) bond motifs is 1. The monoisotopic (exact) mass is 263 g/mol. The highest BCUT2D eigenvalue weighted by atomic mass is 16.5. The molecule has 1 aromatic carbocycles. The molecule has 0 fully saturated rings. The predicted octanol–water partition coefficient (Wildman–Crippen LogP) is 0.719. The summed E-state index contributed by atoms with van der Waals surface area (Å²) in [4.78, 5) is 24.7. The van der Waals surface area contributed by atoms with Crippen molar-refractivity contribution < 1.29 is 14.3 Å². The number of nitrogens with two attached hydrogens (primary N) is 1. The summed E-state index contributed by atoms with van der Waals surface area (Å²) < 4.78 is 5.26. The van der Waals surface area contributed by atoms with Crippen LogP contribution in [0.4, 0.5) is 11.4 Å². The first kappa shape index (κ1) is 13.4. The molecule has 1 heterocycles. The summed E-state index contributed by atoms with van der Waals surface area (Å²) in [6, 6.07) is 5.26. The highest BCUT2D eigenvalue weighted by Gasteiger charge is 2.18. The van der Waals surface area contributed by atoms with Gasteiger partial charge in [-0.2, -0.15) is 0 Å². The molecular weight excluding hydrogens is 246 g/mol. The van der Waals surface area contributed by atoms with E-state index < -0.39 is 0 Å². The van der Waals surface area contributed by atoms with Crippen molar-refractivity contribution in [3.8, 4) is 5.75 Å². The highest BCUT2D eigenvalue weighted by Crippen LogP contribution is 2.31. The van der Waals surface area contributed by atoms with Gasteiger partial charge in [-0.3, -0.25) is 9.59 Å². The fourth-order valence-corrected chi connectivity index (χ4v) is 1.84. The lowest BCUT2D eigenvalue weighted by Gasteiger charge is -2.22. The first-order chi connectivity index (χ1) is 9.11. The average Bonchev–Trinajstić information content (AvgIpc) is 2.43. The first-order valence-electron chi connectivity index (χ1n) is 6.15. The van der Waals surface area contributed by atoms with Crippen molar-refractivity contribution in [1.29, 1.82) is 0 Å². The standard InChI is InChI=1S/C13H17N3O3/c1-16(13(18)3-2-6-14)9-4-5-11-10(7-9)15-12(17)8-19-11/h4-5,7H,2-3,6,8,14H2,1H3,(H,15,17). The van der Waals surface area contributed by atoms with Gasteiger partial charge in [0.15, 0.2) is 6.61 Å². The van der Waals surface area contributed by atoms with E-state index in [9.17, 15) is 9.59 Å². The van der Waals surface area contributed by atoms with Gasteiger partial charge in [-0.05, 0) is 31.2 Å². The van der Waals surface area contributed by atoms with E-state index in [1.54, 1.807) is 30.1 Å². The van der Waals surface area contributed by atoms with Crippen molar-refractivity contribution in [2.45, 2.75) is 12.8 Å². The summed E-state index contributed by atoms with van der Waals surface area (Å²) in [6.45, 7) is 0.519. The predicted molar refractivity (Wildman–Crippen MR) is 72.3 cm³/mol. The zero-order valence-electron chi connectivity index (χ0n) is 10.8. The lowest BCUT2D eigenvalue weighted by molar-refractivity contribution is -0.119. The van der Waals surface area contributed by atoms with Gasteiger partial charge >= 0.3 is 0 Å². The van der Waals surface area contributed by atoms with E-state index in [1.165, 1.54) is 0 Å². The molecule has 102 valence electrons. The third kappa shape index (κ3) is 3.03. The fourth-order valence-electron chi connectivity index (χ4n) is 1.84. The van der Waals surface area contributed by atoms with Crippen LogP contribution < -0.4 is 20.7 Å². The number of hydrogen-bond acceptors (Lipinski definition) is 4. The lowest BCUT2D eigenvalue weighted by atomic mass is 10.2. The van der Waals surface area contributed by atoms with E-state index in [-0.39, 0.29) is 18.4 Å². The third-order valence-corrected chi connectivity index (χ3v) is 2.95. The molecule has 1 aliphatic rings. The van der Waals surface area contributed by atoms with Crippen LogP contribution in [0, 0.1) is 0 Å². The van der Waals surface area contributed by atoms with Gasteiger partial charge in [0.2, 0.25) is 5.91 Å². The Morgan fingerprint density at radius 2 is 2.32 bits per heavy atom. The molecule has 1 aromatic rings. The molecule has 1 aliphatic heterocycles. The number of anilines is 2. The van der Waals surface area contributed by atoms with Crippen molar-refractivity contribution >= 4 is 23.2 Å². The second-order valence-electron chi connectivity index (χ2n) is 4.36. The van der Waals surface area contributed by atoms with Crippen LogP contribution in [0.1, 0.15) is 12.8 Å². The second kappa shape index (κ2) is 5.71. The summed E-state index contributed by atoms with van der Waals surface area (Å²) in [7, 11) is 1.70. The van der Waals surface area contributed by atoms with E-state index in [2.05, 4.69) is 5.32 Å². The van der Waals surface area contributed by atoms with Crippen LogP contribution in [0.25, 0.3) is 0 Å². The smallest absolute Gasteiger partial charge is 0.262 e. The molecule has 0 aromatic heterocycles. The van der Waals surface area contributed by atoms with E-state index >= 15 is 0 Å². The van der Waals surface area contributed by atoms with Crippen LogP contribution >= 0.6 is 0 Å². The molecule has 0 saturated carbocycles. The molecule has 19 heavy (non-hydrogen) atoms. The summed E-state index contributed by atoms with van der Waals surface area (Å²) >= 11 is 0. The lowest BCUT2D eigenvalue weighted by Crippen LogP contribution is -2.28. The van der Waals surface area contributed by atoms with Gasteiger partial charge in [0.1, 0.15) is 5.75 Å². The number of nitrogens with zero attached hydrogens (tertiary/aromatic N) is 1. The number of ether oxygens (including phenoxy) is 1. The van der Waals surface area contributed by atoms with Crippen LogP contribution in [0.15, 0.2) is 18.2 Å². The maximum absolute atomic E-state index is 11.9. The Morgan fingerprint density at radius 3 is 3.05 bits per heavy atom. The Balaban J connectivity index is 2.14. The maximum Gasteiger partial charge on any atom is 0.262 e. The minimum atomic E-state index is -0.193. The zero-order chi connectivity index (χ0) is 13.8. The van der Waals surface area contributed by atoms with E-state index in [1.807, 2.05) is 0 Å². The number of amides is 2. The SMILES string of the molecule is CN(C(=O)CCCN)c1ccc2c(c1)NC(=O)CO2. The van der Waals surface area contributed by atoms with Gasteiger partial charge < -0.3 is 20.7 Å². The molecule has 0 spiro atoms. The minimum absolute atomic E-state index is 0.00606. The Morgan fingerprint density at radius 1 is 1.53 bits per heavy atom. The molecule has 6 nitrogen and oxygen atoms in total. The molecule has 3 N–H and O–H groups in total. The third-order valence-electron chi connectivity index (χ3n) is 2.95. The van der Waals surface area contributed by atoms with Crippen molar-refractivity contribution in [3.63, 3.8) is 0 Å². The molecule has 0 atom stereocenters. The van der Waals surface area contributed by atoms with E-state index in [0.29, 0.717) is 36.5 Å². The van der Waals surface area contributed by atoms with Crippen LogP contribution in [0.5, 0.6) is 5.75 Å². The van der Waals surface area contributed by atoms with Gasteiger partial charge in [-0.1, -0.05) is 0 Å². The van der Waals surface area contributed by atoms with Crippen molar-refractivity contribution in [1.82, 2.24) is 0 Å². The first-order valence-corrected chi connectivity index (χ1v) is 6.15. The summed E-state index contributed by atoms with van der Waals surface area (Å²) in [6.07, 6.45) is 1.07. The number of rotatable bonds is 4. The fraction of sp³-hybridized carbons (Fsp3) is 0.385. The molecule has 0 aliphatic carbocycles. The number of benzene rings is 1. The minimum Gasteiger partial charge on any atom is -0.482 e. The molecule has 0 unspecified atom stereocenters. The number of carbonyl (C=O) groups is 2. The Bertz CT molecular complexity index is 502. The Kier molecular flexibility index (Phi) is 4.01. The molecule has 0 saturated heterocycles. The van der Waals surface area contributed by atoms with Gasteiger partial charge in [0, 0.05) is 19.2 Å². The molecule has 2 amide bonds. The number of hydrogen-bond donors (Lipinski definition) is 2. The maximum atomic E-state index is 11.9. The molecule has 0 bridgehead atoms. The van der Waals surface area contributed by atoms with Crippen molar-refractivity contribution in [3.05, 3.63) is 18.2 Å². The quantitative estimate of drug-likeness (QED) is 0.838. The number of carbonyl (C=O) groups excluding carboxylic acids is 2. The van der Waals surface area contributed by atoms with Crippen LogP contribution in [-0.4, -0.2) is 32.0 Å². The van der Waals surface area contributed by atoms with Crippen molar-refractivity contribution in [2.24, 2.45) is 5.73 Å². The van der Waals surface area contributed by atoms with E-state index in [0.717, 1.165) is 0 Å². The largest absolute Gasteiger partial charge is 0.482 e. The van der Waals surface area contributed by atoms with Crippen LogP contribution in [0.2, 0.25) is 0 Å². The van der Waals surface area contributed by atoms with Gasteiger partial charge in [-0.25, -0.2) is 0 Å². The zero-order valence-corrected chi connectivity index (χ0v) is 10.8. The van der Waals surface area contributed by atoms with Gasteiger partial charge in [0.05, 0.1) is 5.69 Å². The topological polar surface area (TPSA) is 84.7 Å². The summed E-state index contributed by atoms with van der Waals surface area (Å²) in [5.41, 5.74) is 6.69. The normalized spacial score (nSPS) is 13.3. The summed E-state index contributed by atoms with van der Waals surface area (Å²) in [5, 5.41) is 2.72. The Hall–Kier alpha value is -2.08. The summed E-state index contributed by atoms with van der Waals surface area (Å²) in [5.74, 6) is 0.418. The molecule has 6 heteroatoms. The van der Waals surface area contributed by atoms with Crippen LogP contribution in [-0.2, 0) is 9.59 Å². The molecule has 2 rings (SSSR count). The average molecular weight is 263 g/mol. The van der Waals surface area contributed by atoms with Gasteiger partial charge in [-0.15, -0.1) is 0 Å². The highest BCUT2D eigenvalue weighted by molar-refractivity contribution is 5.98. The number of nitrogens with one attached hydrogen (secondary N) is 1. The van der Waals surface area contributed by atoms with Gasteiger partial charge in [0.25, 0.3) is 5.91 Å². The Labute approximate surface area is 111 Å². The molecular formula is C13H17N3O3. The van der Waals surface area contributed by atoms with Crippen LogP contribution in [0.3, 0.4) is 0 Å². The molecule has 0 radical (unpaired) electrons.